The van der Waals surface area contributed by atoms with E-state index in [2.05, 4.69) is 54.1 Å². The molecule has 0 aliphatic rings. The molecule has 1 atom stereocenters. The second-order valence-electron chi connectivity index (χ2n) is 3.22. The van der Waals surface area contributed by atoms with Crippen molar-refractivity contribution in [2.24, 2.45) is 5.92 Å². The molecule has 13 heavy (non-hydrogen) atoms. The van der Waals surface area contributed by atoms with E-state index in [1.165, 1.54) is 8.66 Å². The van der Waals surface area contributed by atoms with E-state index in [1.807, 2.05) is 11.3 Å². The maximum absolute atomic E-state index is 3.48. The van der Waals surface area contributed by atoms with Gasteiger partial charge in [-0.2, -0.15) is 0 Å². The minimum Gasteiger partial charge on any atom is -0.133 e. The van der Waals surface area contributed by atoms with E-state index in [1.54, 1.807) is 0 Å². The van der Waals surface area contributed by atoms with Crippen molar-refractivity contribution >= 4 is 27.3 Å². The summed E-state index contributed by atoms with van der Waals surface area (Å²) in [5.74, 6) is 0.658. The lowest BCUT2D eigenvalue weighted by atomic mass is 10.1. The fourth-order valence-corrected chi connectivity index (χ4v) is 2.84. The first-order valence-corrected chi connectivity index (χ1v) is 6.24. The molecule has 0 radical (unpaired) electrons. The number of hydrogen-bond acceptors (Lipinski definition) is 1. The van der Waals surface area contributed by atoms with Crippen LogP contribution in [0.15, 0.2) is 28.1 Å². The molecule has 72 valence electrons. The summed E-state index contributed by atoms with van der Waals surface area (Å²) in [6, 6.07) is 4.32. The molecular formula is C11H15BrS. The SMILES string of the molecule is CC/C=C\C(C)Cc1ccc(Br)s1. The second kappa shape index (κ2) is 5.61. The molecule has 0 aliphatic heterocycles. The van der Waals surface area contributed by atoms with Crippen LogP contribution < -0.4 is 0 Å². The summed E-state index contributed by atoms with van der Waals surface area (Å²) < 4.78 is 1.23. The van der Waals surface area contributed by atoms with Crippen molar-refractivity contribution in [1.29, 1.82) is 0 Å². The quantitative estimate of drug-likeness (QED) is 0.690. The van der Waals surface area contributed by atoms with Gasteiger partial charge in [0.15, 0.2) is 0 Å². The van der Waals surface area contributed by atoms with Crippen molar-refractivity contribution in [2.45, 2.75) is 26.7 Å². The summed E-state index contributed by atoms with van der Waals surface area (Å²) in [4.78, 5) is 1.46. The Morgan fingerprint density at radius 1 is 1.54 bits per heavy atom. The van der Waals surface area contributed by atoms with E-state index in [0.717, 1.165) is 12.8 Å². The Morgan fingerprint density at radius 2 is 2.31 bits per heavy atom. The summed E-state index contributed by atoms with van der Waals surface area (Å²) in [7, 11) is 0. The summed E-state index contributed by atoms with van der Waals surface area (Å²) in [6.45, 7) is 4.44. The van der Waals surface area contributed by atoms with Crippen LogP contribution in [0, 0.1) is 5.92 Å². The van der Waals surface area contributed by atoms with Crippen molar-refractivity contribution in [3.05, 3.63) is 32.9 Å². The zero-order valence-electron chi connectivity index (χ0n) is 8.09. The van der Waals surface area contributed by atoms with Gasteiger partial charge in [-0.15, -0.1) is 11.3 Å². The van der Waals surface area contributed by atoms with E-state index in [4.69, 9.17) is 0 Å². The fourth-order valence-electron chi connectivity index (χ4n) is 1.22. The molecule has 1 unspecified atom stereocenters. The molecule has 0 amide bonds. The molecule has 0 N–H and O–H groups in total. The largest absolute Gasteiger partial charge is 0.133 e. The lowest BCUT2D eigenvalue weighted by Crippen LogP contribution is -1.92. The molecule has 1 heterocycles. The van der Waals surface area contributed by atoms with Gasteiger partial charge in [-0.25, -0.2) is 0 Å². The lowest BCUT2D eigenvalue weighted by Gasteiger charge is -2.02. The Hall–Kier alpha value is -0.0800. The van der Waals surface area contributed by atoms with Crippen molar-refractivity contribution in [1.82, 2.24) is 0 Å². The average Bonchev–Trinajstić information content (AvgIpc) is 2.48. The second-order valence-corrected chi connectivity index (χ2v) is 5.77. The monoisotopic (exact) mass is 258 g/mol. The highest BCUT2D eigenvalue weighted by Gasteiger charge is 2.01. The molecule has 0 saturated heterocycles. The highest BCUT2D eigenvalue weighted by atomic mass is 79.9. The maximum Gasteiger partial charge on any atom is 0.0701 e. The molecule has 2 heteroatoms. The zero-order valence-corrected chi connectivity index (χ0v) is 10.5. The van der Waals surface area contributed by atoms with Crippen molar-refractivity contribution in [2.75, 3.05) is 0 Å². The van der Waals surface area contributed by atoms with E-state index in [-0.39, 0.29) is 0 Å². The van der Waals surface area contributed by atoms with Crippen molar-refractivity contribution in [3.8, 4) is 0 Å². The standard InChI is InChI=1S/C11H15BrS/c1-3-4-5-9(2)8-10-6-7-11(12)13-10/h4-7,9H,3,8H2,1-2H3/b5-4-. The van der Waals surface area contributed by atoms with E-state index in [0.29, 0.717) is 5.92 Å². The van der Waals surface area contributed by atoms with Crippen LogP contribution in [0.1, 0.15) is 25.1 Å². The van der Waals surface area contributed by atoms with E-state index >= 15 is 0 Å². The number of rotatable bonds is 4. The van der Waals surface area contributed by atoms with Gasteiger partial charge in [-0.3, -0.25) is 0 Å². The van der Waals surface area contributed by atoms with Gasteiger partial charge in [0.25, 0.3) is 0 Å². The van der Waals surface area contributed by atoms with E-state index in [9.17, 15) is 0 Å². The molecule has 0 fully saturated rings. The molecule has 1 aromatic rings. The van der Waals surface area contributed by atoms with Crippen LogP contribution >= 0.6 is 27.3 Å². The lowest BCUT2D eigenvalue weighted by molar-refractivity contribution is 0.729. The number of allylic oxidation sites excluding steroid dienone is 2. The highest BCUT2D eigenvalue weighted by molar-refractivity contribution is 9.11. The zero-order chi connectivity index (χ0) is 9.68. The summed E-state index contributed by atoms with van der Waals surface area (Å²) in [5, 5.41) is 0. The molecule has 1 aromatic heterocycles. The Bertz CT molecular complexity index is 275. The highest BCUT2D eigenvalue weighted by Crippen LogP contribution is 2.24. The molecule has 0 bridgehead atoms. The Morgan fingerprint density at radius 3 is 2.85 bits per heavy atom. The first-order chi connectivity index (χ1) is 6.22. The van der Waals surface area contributed by atoms with Crippen LogP contribution in [0.3, 0.4) is 0 Å². The van der Waals surface area contributed by atoms with E-state index < -0.39 is 0 Å². The van der Waals surface area contributed by atoms with Gasteiger partial charge in [-0.05, 0) is 46.8 Å². The smallest absolute Gasteiger partial charge is 0.0701 e. The van der Waals surface area contributed by atoms with Crippen LogP contribution in [-0.2, 0) is 6.42 Å². The summed E-state index contributed by atoms with van der Waals surface area (Å²) in [6.07, 6.45) is 6.84. The molecule has 0 saturated carbocycles. The molecular weight excluding hydrogens is 244 g/mol. The number of thiophene rings is 1. The maximum atomic E-state index is 3.48. The molecule has 0 nitrogen and oxygen atoms in total. The molecule has 1 rings (SSSR count). The van der Waals surface area contributed by atoms with Crippen LogP contribution in [0.2, 0.25) is 0 Å². The number of hydrogen-bond donors (Lipinski definition) is 0. The van der Waals surface area contributed by atoms with Gasteiger partial charge in [-0.1, -0.05) is 26.0 Å². The first kappa shape index (κ1) is 11.0. The third-order valence-corrected chi connectivity index (χ3v) is 3.50. The van der Waals surface area contributed by atoms with Gasteiger partial charge in [0.05, 0.1) is 3.79 Å². The average molecular weight is 259 g/mol. The minimum absolute atomic E-state index is 0.658. The molecule has 0 spiro atoms. The number of halogens is 1. The predicted octanol–water partition coefficient (Wildman–Crippen LogP) is 4.66. The topological polar surface area (TPSA) is 0 Å². The van der Waals surface area contributed by atoms with Crippen LogP contribution in [-0.4, -0.2) is 0 Å². The van der Waals surface area contributed by atoms with Crippen molar-refractivity contribution < 1.29 is 0 Å². The third-order valence-electron chi connectivity index (χ3n) is 1.85. The van der Waals surface area contributed by atoms with Crippen LogP contribution in [0.25, 0.3) is 0 Å². The summed E-state index contributed by atoms with van der Waals surface area (Å²) in [5.41, 5.74) is 0. The van der Waals surface area contributed by atoms with Gasteiger partial charge in [0, 0.05) is 4.88 Å². The van der Waals surface area contributed by atoms with Gasteiger partial charge < -0.3 is 0 Å². The van der Waals surface area contributed by atoms with Gasteiger partial charge >= 0.3 is 0 Å². The Labute approximate surface area is 92.8 Å². The Kier molecular flexibility index (Phi) is 4.74. The van der Waals surface area contributed by atoms with Gasteiger partial charge in [0.1, 0.15) is 0 Å². The minimum atomic E-state index is 0.658. The van der Waals surface area contributed by atoms with Gasteiger partial charge in [0.2, 0.25) is 0 Å². The first-order valence-electron chi connectivity index (χ1n) is 4.63. The van der Waals surface area contributed by atoms with Crippen LogP contribution in [0.4, 0.5) is 0 Å². The molecule has 0 aromatic carbocycles. The fraction of sp³-hybridized carbons (Fsp3) is 0.455. The predicted molar refractivity (Wildman–Crippen MR) is 64.3 cm³/mol. The van der Waals surface area contributed by atoms with Crippen molar-refractivity contribution in [3.63, 3.8) is 0 Å². The normalized spacial score (nSPS) is 13.8. The molecule has 0 aliphatic carbocycles. The Balaban J connectivity index is 2.44. The third kappa shape index (κ3) is 4.10. The summed E-state index contributed by atoms with van der Waals surface area (Å²) >= 11 is 5.31. The van der Waals surface area contributed by atoms with Crippen LogP contribution in [0.5, 0.6) is 0 Å².